The van der Waals surface area contributed by atoms with Crippen LogP contribution in [0.1, 0.15) is 0 Å². The molecule has 0 saturated carbocycles. The Morgan fingerprint density at radius 2 is 0.909 bits per heavy atom. The van der Waals surface area contributed by atoms with Gasteiger partial charge in [-0.15, -0.1) is 0 Å². The smallest absolute Gasteiger partial charge is 0.137 e. The molecule has 0 fully saturated rings. The van der Waals surface area contributed by atoms with Gasteiger partial charge < -0.3 is 13.6 Å². The summed E-state index contributed by atoms with van der Waals surface area (Å²) in [5.41, 5.74) is 13.6. The minimum Gasteiger partial charge on any atom is -0.456 e. The highest BCUT2D eigenvalue weighted by Crippen LogP contribution is 2.43. The van der Waals surface area contributed by atoms with Crippen LogP contribution in [0, 0.1) is 0 Å². The van der Waals surface area contributed by atoms with E-state index in [0.717, 1.165) is 38.7 Å². The fourth-order valence-electron chi connectivity index (χ4n) is 8.94. The van der Waals surface area contributed by atoms with Crippen molar-refractivity contribution in [2.45, 2.75) is 0 Å². The summed E-state index contributed by atoms with van der Waals surface area (Å²) in [6.07, 6.45) is 0. The van der Waals surface area contributed by atoms with E-state index in [1.807, 2.05) is 6.07 Å². The fourth-order valence-corrected chi connectivity index (χ4v) is 8.94. The number of hydrogen-bond acceptors (Lipinski definition) is 1. The lowest BCUT2D eigenvalue weighted by Gasteiger charge is -2.11. The molecule has 0 atom stereocenters. The first-order valence-electron chi connectivity index (χ1n) is 18.8. The maximum absolute atomic E-state index is 6.43. The van der Waals surface area contributed by atoms with Crippen molar-refractivity contribution in [1.29, 1.82) is 0 Å². The van der Waals surface area contributed by atoms with E-state index in [4.69, 9.17) is 4.42 Å². The molecule has 0 aliphatic carbocycles. The Balaban J connectivity index is 1.07. The maximum atomic E-state index is 6.43. The second-order valence-electron chi connectivity index (χ2n) is 14.5. The first-order valence-corrected chi connectivity index (χ1v) is 18.8. The topological polar surface area (TPSA) is 23.0 Å². The van der Waals surface area contributed by atoms with Crippen LogP contribution in [-0.2, 0) is 0 Å². The average Bonchev–Trinajstić information content (AvgIpc) is 3.91. The standard InChI is InChI=1S/C52H32N2O/c1-2-10-33(11-3-1)35-18-23-39(24-19-35)54-48-28-22-38(32-45(48)42-26-29-50-51(52(42)54)43-15-7-9-17-49(43)55-50)37-21-27-47-44(31-37)41-14-6-8-16-46(41)53(47)40-25-20-34-12-4-5-13-36(34)30-40/h1-32H. The molecule has 0 N–H and O–H groups in total. The lowest BCUT2D eigenvalue weighted by Crippen LogP contribution is -1.94. The van der Waals surface area contributed by atoms with Crippen LogP contribution in [-0.4, -0.2) is 9.13 Å². The Kier molecular flexibility index (Phi) is 6.34. The quantitative estimate of drug-likeness (QED) is 0.179. The van der Waals surface area contributed by atoms with Crippen molar-refractivity contribution < 1.29 is 4.42 Å². The third kappa shape index (κ3) is 4.50. The molecule has 0 spiro atoms. The molecule has 0 bridgehead atoms. The Labute approximate surface area is 316 Å². The van der Waals surface area contributed by atoms with Crippen LogP contribution in [0.25, 0.3) is 110 Å². The van der Waals surface area contributed by atoms with Gasteiger partial charge in [-0.2, -0.15) is 0 Å². The van der Waals surface area contributed by atoms with Crippen LogP contribution in [0.15, 0.2) is 199 Å². The molecule has 0 unspecified atom stereocenters. The Morgan fingerprint density at radius 1 is 0.309 bits per heavy atom. The summed E-state index contributed by atoms with van der Waals surface area (Å²) in [6, 6.07) is 70.3. The lowest BCUT2D eigenvalue weighted by atomic mass is 10.00. The molecule has 0 aliphatic rings. The molecule has 55 heavy (non-hydrogen) atoms. The predicted octanol–water partition coefficient (Wildman–Crippen LogP) is 14.3. The molecule has 3 heteroatoms. The van der Waals surface area contributed by atoms with E-state index < -0.39 is 0 Å². The van der Waals surface area contributed by atoms with Crippen LogP contribution in [0.4, 0.5) is 0 Å². The van der Waals surface area contributed by atoms with Crippen molar-refractivity contribution >= 4 is 76.3 Å². The van der Waals surface area contributed by atoms with Crippen LogP contribution < -0.4 is 0 Å². The molecule has 0 amide bonds. The van der Waals surface area contributed by atoms with Gasteiger partial charge in [0.2, 0.25) is 0 Å². The van der Waals surface area contributed by atoms with E-state index in [-0.39, 0.29) is 0 Å². The zero-order chi connectivity index (χ0) is 36.0. The van der Waals surface area contributed by atoms with E-state index in [1.54, 1.807) is 0 Å². The van der Waals surface area contributed by atoms with Gasteiger partial charge in [0.1, 0.15) is 11.2 Å². The minimum absolute atomic E-state index is 0.896. The predicted molar refractivity (Wildman–Crippen MR) is 231 cm³/mol. The first-order chi connectivity index (χ1) is 27.3. The van der Waals surface area contributed by atoms with Crippen molar-refractivity contribution in [2.75, 3.05) is 0 Å². The van der Waals surface area contributed by atoms with E-state index >= 15 is 0 Å². The number of fused-ring (bicyclic) bond motifs is 11. The highest BCUT2D eigenvalue weighted by molar-refractivity contribution is 6.25. The second-order valence-corrected chi connectivity index (χ2v) is 14.5. The van der Waals surface area contributed by atoms with Crippen LogP contribution in [0.2, 0.25) is 0 Å². The molecule has 256 valence electrons. The van der Waals surface area contributed by atoms with E-state index in [9.17, 15) is 0 Å². The van der Waals surface area contributed by atoms with Crippen molar-refractivity contribution in [1.82, 2.24) is 9.13 Å². The van der Waals surface area contributed by atoms with E-state index in [2.05, 4.69) is 197 Å². The summed E-state index contributed by atoms with van der Waals surface area (Å²) in [7, 11) is 0. The summed E-state index contributed by atoms with van der Waals surface area (Å²) in [4.78, 5) is 0. The molecule has 0 aliphatic heterocycles. The van der Waals surface area contributed by atoms with Gasteiger partial charge in [-0.25, -0.2) is 0 Å². The molecular formula is C52H32N2O. The number of rotatable bonds is 4. The summed E-state index contributed by atoms with van der Waals surface area (Å²) >= 11 is 0. The fraction of sp³-hybridized carbons (Fsp3) is 0. The molecule has 9 aromatic carbocycles. The molecule has 0 saturated heterocycles. The minimum atomic E-state index is 0.896. The van der Waals surface area contributed by atoms with Gasteiger partial charge in [0.15, 0.2) is 0 Å². The zero-order valence-corrected chi connectivity index (χ0v) is 29.8. The second kappa shape index (κ2) is 11.6. The Morgan fingerprint density at radius 3 is 1.73 bits per heavy atom. The molecule has 3 nitrogen and oxygen atoms in total. The molecule has 3 aromatic heterocycles. The first kappa shape index (κ1) is 30.1. The third-order valence-electron chi connectivity index (χ3n) is 11.5. The van der Waals surface area contributed by atoms with Gasteiger partial charge in [0.25, 0.3) is 0 Å². The largest absolute Gasteiger partial charge is 0.456 e. The van der Waals surface area contributed by atoms with Gasteiger partial charge in [-0.05, 0) is 106 Å². The van der Waals surface area contributed by atoms with Crippen molar-refractivity contribution in [3.63, 3.8) is 0 Å². The van der Waals surface area contributed by atoms with Crippen molar-refractivity contribution in [3.05, 3.63) is 194 Å². The average molecular weight is 701 g/mol. The lowest BCUT2D eigenvalue weighted by molar-refractivity contribution is 0.669. The summed E-state index contributed by atoms with van der Waals surface area (Å²) in [5.74, 6) is 0. The van der Waals surface area contributed by atoms with Crippen LogP contribution in [0.3, 0.4) is 0 Å². The third-order valence-corrected chi connectivity index (χ3v) is 11.5. The van der Waals surface area contributed by atoms with Gasteiger partial charge in [0, 0.05) is 38.3 Å². The summed E-state index contributed by atoms with van der Waals surface area (Å²) < 4.78 is 11.3. The highest BCUT2D eigenvalue weighted by atomic mass is 16.3. The van der Waals surface area contributed by atoms with Gasteiger partial charge in [0.05, 0.1) is 27.5 Å². The Hall–Kier alpha value is -7.36. The molecule has 12 aromatic rings. The summed E-state index contributed by atoms with van der Waals surface area (Å²) in [5, 5.41) is 9.66. The van der Waals surface area contributed by atoms with E-state index in [0.29, 0.717) is 0 Å². The van der Waals surface area contributed by atoms with Gasteiger partial charge in [-0.3, -0.25) is 0 Å². The number of hydrogen-bond donors (Lipinski definition) is 0. The summed E-state index contributed by atoms with van der Waals surface area (Å²) in [6.45, 7) is 0. The van der Waals surface area contributed by atoms with Gasteiger partial charge >= 0.3 is 0 Å². The zero-order valence-electron chi connectivity index (χ0n) is 29.8. The molecule has 0 radical (unpaired) electrons. The van der Waals surface area contributed by atoms with Crippen LogP contribution in [0.5, 0.6) is 0 Å². The monoisotopic (exact) mass is 700 g/mol. The van der Waals surface area contributed by atoms with Gasteiger partial charge in [-0.1, -0.05) is 121 Å². The molecule has 12 rings (SSSR count). The highest BCUT2D eigenvalue weighted by Gasteiger charge is 2.20. The number of benzene rings is 9. The maximum Gasteiger partial charge on any atom is 0.137 e. The number of para-hydroxylation sites is 2. The van der Waals surface area contributed by atoms with Crippen LogP contribution >= 0.6 is 0 Å². The molecule has 3 heterocycles. The van der Waals surface area contributed by atoms with Crippen molar-refractivity contribution in [2.24, 2.45) is 0 Å². The van der Waals surface area contributed by atoms with Crippen molar-refractivity contribution in [3.8, 4) is 33.6 Å². The Bertz CT molecular complexity index is 3470. The number of nitrogens with zero attached hydrogens (tertiary/aromatic N) is 2. The number of aromatic nitrogens is 2. The van der Waals surface area contributed by atoms with E-state index in [1.165, 1.54) is 71.3 Å². The number of furan rings is 1. The molecular weight excluding hydrogens is 669 g/mol. The SMILES string of the molecule is c1ccc(-c2ccc(-n3c4ccc(-c5ccc6c(c5)c5ccccc5n6-c5ccc6ccccc6c5)cc4c4ccc5oc6ccccc6c5c43)cc2)cc1. The normalized spacial score (nSPS) is 12.0.